The van der Waals surface area contributed by atoms with Gasteiger partial charge in [0, 0.05) is 25.2 Å². The maximum absolute atomic E-state index is 12.7. The van der Waals surface area contributed by atoms with E-state index < -0.39 is 0 Å². The first-order chi connectivity index (χ1) is 14.6. The monoisotopic (exact) mass is 420 g/mol. The molecule has 0 saturated carbocycles. The fourth-order valence-corrected chi connectivity index (χ4v) is 3.44. The SMILES string of the molecule is Cn1nc(C(C)(C)C)cc1C(=O)Nc1cnn(CCN2C(=O)c3ccccc3C2=O)c1. The lowest BCUT2D eigenvalue weighted by Gasteiger charge is -2.13. The molecule has 0 fully saturated rings. The van der Waals surface area contributed by atoms with Gasteiger partial charge in [0.05, 0.1) is 35.2 Å². The van der Waals surface area contributed by atoms with Crippen molar-refractivity contribution in [3.05, 3.63) is 65.2 Å². The third kappa shape index (κ3) is 3.86. The van der Waals surface area contributed by atoms with Gasteiger partial charge in [0.1, 0.15) is 5.69 Å². The summed E-state index contributed by atoms with van der Waals surface area (Å²) in [5.74, 6) is -0.885. The Morgan fingerprint density at radius 2 is 1.71 bits per heavy atom. The highest BCUT2D eigenvalue weighted by atomic mass is 16.2. The smallest absolute Gasteiger partial charge is 0.274 e. The molecule has 2 aromatic heterocycles. The topological polar surface area (TPSA) is 102 Å². The number of anilines is 1. The molecule has 0 radical (unpaired) electrons. The van der Waals surface area contributed by atoms with E-state index in [9.17, 15) is 14.4 Å². The highest BCUT2D eigenvalue weighted by Crippen LogP contribution is 2.23. The minimum atomic E-state index is -0.299. The van der Waals surface area contributed by atoms with Crippen molar-refractivity contribution in [3.63, 3.8) is 0 Å². The Bertz CT molecular complexity index is 1150. The molecule has 1 aromatic carbocycles. The van der Waals surface area contributed by atoms with Gasteiger partial charge in [0.2, 0.25) is 0 Å². The second-order valence-electron chi connectivity index (χ2n) is 8.54. The van der Waals surface area contributed by atoms with Crippen LogP contribution in [0.25, 0.3) is 0 Å². The van der Waals surface area contributed by atoms with E-state index in [4.69, 9.17) is 0 Å². The molecule has 1 aliphatic heterocycles. The molecule has 9 nitrogen and oxygen atoms in total. The number of hydrogen-bond acceptors (Lipinski definition) is 5. The molecule has 1 aliphatic rings. The zero-order valence-electron chi connectivity index (χ0n) is 17.9. The normalized spacial score (nSPS) is 13.6. The van der Waals surface area contributed by atoms with Gasteiger partial charge in [-0.3, -0.25) is 28.6 Å². The minimum Gasteiger partial charge on any atom is -0.318 e. The summed E-state index contributed by atoms with van der Waals surface area (Å²) in [6.07, 6.45) is 3.19. The molecule has 0 bridgehead atoms. The van der Waals surface area contributed by atoms with Crippen LogP contribution in [0, 0.1) is 0 Å². The van der Waals surface area contributed by atoms with Gasteiger partial charge in [-0.2, -0.15) is 10.2 Å². The molecule has 3 amide bonds. The predicted octanol–water partition coefficient (Wildman–Crippen LogP) is 2.46. The van der Waals surface area contributed by atoms with E-state index in [-0.39, 0.29) is 29.7 Å². The number of hydrogen-bond donors (Lipinski definition) is 1. The van der Waals surface area contributed by atoms with Crippen LogP contribution < -0.4 is 5.32 Å². The second-order valence-corrected chi connectivity index (χ2v) is 8.54. The molecule has 3 aromatic rings. The summed E-state index contributed by atoms with van der Waals surface area (Å²) in [6.45, 7) is 6.62. The summed E-state index contributed by atoms with van der Waals surface area (Å²) in [7, 11) is 1.73. The first-order valence-corrected chi connectivity index (χ1v) is 9.98. The van der Waals surface area contributed by atoms with Crippen LogP contribution in [0.1, 0.15) is 57.7 Å². The highest BCUT2D eigenvalue weighted by molar-refractivity contribution is 6.21. The average molecular weight is 420 g/mol. The molecule has 0 saturated heterocycles. The van der Waals surface area contributed by atoms with Gasteiger partial charge in [0.25, 0.3) is 17.7 Å². The summed E-state index contributed by atoms with van der Waals surface area (Å²) >= 11 is 0. The fourth-order valence-electron chi connectivity index (χ4n) is 3.44. The predicted molar refractivity (Wildman–Crippen MR) is 114 cm³/mol. The van der Waals surface area contributed by atoms with E-state index in [0.29, 0.717) is 29.1 Å². The zero-order valence-corrected chi connectivity index (χ0v) is 17.9. The summed E-state index contributed by atoms with van der Waals surface area (Å²) in [5.41, 5.74) is 2.48. The van der Waals surface area contributed by atoms with E-state index >= 15 is 0 Å². The number of rotatable bonds is 5. The number of aryl methyl sites for hydroxylation is 1. The molecule has 31 heavy (non-hydrogen) atoms. The fraction of sp³-hybridized carbons (Fsp3) is 0.318. The Balaban J connectivity index is 1.39. The van der Waals surface area contributed by atoms with Gasteiger partial charge in [0.15, 0.2) is 0 Å². The lowest BCUT2D eigenvalue weighted by atomic mass is 9.92. The lowest BCUT2D eigenvalue weighted by molar-refractivity contribution is 0.0647. The Morgan fingerprint density at radius 3 is 2.29 bits per heavy atom. The molecular formula is C22H24N6O3. The van der Waals surface area contributed by atoms with Crippen molar-refractivity contribution in [1.29, 1.82) is 0 Å². The number of carbonyl (C=O) groups is 3. The van der Waals surface area contributed by atoms with Gasteiger partial charge < -0.3 is 5.32 Å². The van der Waals surface area contributed by atoms with Crippen LogP contribution in [0.3, 0.4) is 0 Å². The average Bonchev–Trinajstić information content (AvgIpc) is 3.39. The zero-order chi connectivity index (χ0) is 22.3. The molecule has 3 heterocycles. The number of aromatic nitrogens is 4. The van der Waals surface area contributed by atoms with E-state index in [1.54, 1.807) is 52.9 Å². The molecule has 9 heteroatoms. The van der Waals surface area contributed by atoms with Gasteiger partial charge >= 0.3 is 0 Å². The Hall–Kier alpha value is -3.75. The number of amides is 3. The highest BCUT2D eigenvalue weighted by Gasteiger charge is 2.34. The molecule has 4 rings (SSSR count). The van der Waals surface area contributed by atoms with Gasteiger partial charge in [-0.05, 0) is 18.2 Å². The largest absolute Gasteiger partial charge is 0.318 e. The summed E-state index contributed by atoms with van der Waals surface area (Å²) in [5, 5.41) is 11.5. The summed E-state index contributed by atoms with van der Waals surface area (Å²) in [6, 6.07) is 8.56. The van der Waals surface area contributed by atoms with Crippen molar-refractivity contribution in [1.82, 2.24) is 24.5 Å². The van der Waals surface area contributed by atoms with Crippen molar-refractivity contribution < 1.29 is 14.4 Å². The van der Waals surface area contributed by atoms with Crippen molar-refractivity contribution in [2.24, 2.45) is 7.05 Å². The van der Waals surface area contributed by atoms with Gasteiger partial charge in [-0.15, -0.1) is 0 Å². The third-order valence-corrected chi connectivity index (χ3v) is 5.20. The van der Waals surface area contributed by atoms with Crippen LogP contribution in [0.2, 0.25) is 0 Å². The third-order valence-electron chi connectivity index (χ3n) is 5.20. The van der Waals surface area contributed by atoms with Crippen LogP contribution in [0.15, 0.2) is 42.7 Å². The van der Waals surface area contributed by atoms with Crippen molar-refractivity contribution in [2.45, 2.75) is 32.7 Å². The van der Waals surface area contributed by atoms with Crippen LogP contribution in [0.5, 0.6) is 0 Å². The molecule has 0 aliphatic carbocycles. The van der Waals surface area contributed by atoms with Crippen LogP contribution in [-0.4, -0.2) is 48.7 Å². The maximum atomic E-state index is 12.7. The number of carbonyl (C=O) groups excluding carboxylic acids is 3. The molecular weight excluding hydrogens is 396 g/mol. The summed E-state index contributed by atoms with van der Waals surface area (Å²) in [4.78, 5) is 38.8. The van der Waals surface area contributed by atoms with Crippen molar-refractivity contribution in [3.8, 4) is 0 Å². The molecule has 160 valence electrons. The van der Waals surface area contributed by atoms with Crippen LogP contribution in [-0.2, 0) is 19.0 Å². The molecule has 0 unspecified atom stereocenters. The van der Waals surface area contributed by atoms with E-state index in [1.807, 2.05) is 20.8 Å². The lowest BCUT2D eigenvalue weighted by Crippen LogP contribution is -2.33. The number of imide groups is 1. The van der Waals surface area contributed by atoms with E-state index in [2.05, 4.69) is 15.5 Å². The minimum absolute atomic E-state index is 0.161. The number of nitrogens with one attached hydrogen (secondary N) is 1. The first-order valence-electron chi connectivity index (χ1n) is 9.98. The first kappa shape index (κ1) is 20.5. The van der Waals surface area contributed by atoms with Crippen molar-refractivity contribution in [2.75, 3.05) is 11.9 Å². The molecule has 0 spiro atoms. The number of benzene rings is 1. The maximum Gasteiger partial charge on any atom is 0.274 e. The Labute approximate surface area is 179 Å². The van der Waals surface area contributed by atoms with Gasteiger partial charge in [-0.1, -0.05) is 32.9 Å². The quantitative estimate of drug-likeness (QED) is 0.639. The number of nitrogens with zero attached hydrogens (tertiary/aromatic N) is 5. The van der Waals surface area contributed by atoms with Gasteiger partial charge in [-0.25, -0.2) is 0 Å². The Kier molecular flexibility index (Phi) is 4.96. The number of fused-ring (bicyclic) bond motifs is 1. The molecule has 1 N–H and O–H groups in total. The Morgan fingerprint density at radius 1 is 1.06 bits per heavy atom. The standard InChI is InChI=1S/C22H24N6O3/c1-22(2,3)18-11-17(26(4)25-18)19(29)24-14-12-23-27(13-14)9-10-28-20(30)15-7-5-6-8-16(15)21(28)31/h5-8,11-13H,9-10H2,1-4H3,(H,24,29). The summed E-state index contributed by atoms with van der Waals surface area (Å²) < 4.78 is 3.14. The second kappa shape index (κ2) is 7.50. The van der Waals surface area contributed by atoms with Crippen LogP contribution >= 0.6 is 0 Å². The van der Waals surface area contributed by atoms with E-state index in [0.717, 1.165) is 5.69 Å². The molecule has 0 atom stereocenters. The van der Waals surface area contributed by atoms with Crippen LogP contribution in [0.4, 0.5) is 5.69 Å². The van der Waals surface area contributed by atoms with E-state index in [1.165, 1.54) is 11.1 Å². The van der Waals surface area contributed by atoms with Crippen molar-refractivity contribution >= 4 is 23.4 Å².